The Morgan fingerprint density at radius 3 is 2.81 bits per heavy atom. The Kier molecular flexibility index (Phi) is 5.23. The first-order valence-corrected chi connectivity index (χ1v) is 11.2. The molecule has 2 unspecified atom stereocenters. The number of carbonyl (C=O) groups excluding carboxylic acids is 1. The van der Waals surface area contributed by atoms with Gasteiger partial charge in [0.25, 0.3) is 5.91 Å². The topological polar surface area (TPSA) is 80.7 Å². The van der Waals surface area contributed by atoms with Crippen molar-refractivity contribution in [2.45, 2.75) is 38.5 Å². The van der Waals surface area contributed by atoms with Crippen molar-refractivity contribution in [1.82, 2.24) is 19.9 Å². The Labute approximate surface area is 184 Å². The van der Waals surface area contributed by atoms with E-state index in [2.05, 4.69) is 19.9 Å². The largest absolute Gasteiger partial charge is 0.481 e. The van der Waals surface area contributed by atoms with E-state index in [1.165, 1.54) is 11.3 Å². The van der Waals surface area contributed by atoms with Crippen LogP contribution in [0.3, 0.4) is 0 Å². The number of methoxy groups -OCH3 is 1. The summed E-state index contributed by atoms with van der Waals surface area (Å²) in [5, 5.41) is 0.983. The Morgan fingerprint density at radius 1 is 1.29 bits per heavy atom. The van der Waals surface area contributed by atoms with Gasteiger partial charge in [-0.05, 0) is 37.0 Å². The molecule has 2 bridgehead atoms. The molecule has 3 aromatic rings. The van der Waals surface area contributed by atoms with Crippen molar-refractivity contribution in [3.63, 3.8) is 0 Å². The number of fused-ring (bicyclic) bond motifs is 3. The number of nitrogens with zero attached hydrogens (tertiary/aromatic N) is 5. The maximum absolute atomic E-state index is 13.3. The van der Waals surface area contributed by atoms with Crippen molar-refractivity contribution in [3.05, 3.63) is 40.7 Å². The monoisotopic (exact) mass is 439 g/mol. The molecule has 5 heterocycles. The second-order valence-electron chi connectivity index (χ2n) is 8.16. The van der Waals surface area contributed by atoms with E-state index in [0.717, 1.165) is 53.1 Å². The van der Waals surface area contributed by atoms with Gasteiger partial charge in [0.1, 0.15) is 17.0 Å². The van der Waals surface area contributed by atoms with Gasteiger partial charge in [-0.25, -0.2) is 15.0 Å². The lowest BCUT2D eigenvalue weighted by Gasteiger charge is -2.33. The predicted molar refractivity (Wildman–Crippen MR) is 119 cm³/mol. The molecule has 3 aromatic heterocycles. The number of hydrogen-bond acceptors (Lipinski definition) is 8. The van der Waals surface area contributed by atoms with E-state index in [0.29, 0.717) is 17.3 Å². The molecule has 2 fully saturated rings. The highest BCUT2D eigenvalue weighted by Crippen LogP contribution is 2.38. The van der Waals surface area contributed by atoms with Crippen LogP contribution in [0.15, 0.2) is 24.7 Å². The summed E-state index contributed by atoms with van der Waals surface area (Å²) in [5.41, 5.74) is 1.91. The number of rotatable bonds is 5. The number of aryl methyl sites for hydroxylation is 1. The van der Waals surface area contributed by atoms with Crippen LogP contribution in [0, 0.1) is 6.92 Å². The fourth-order valence-corrected chi connectivity index (χ4v) is 5.60. The van der Waals surface area contributed by atoms with E-state index in [1.807, 2.05) is 26.1 Å². The van der Waals surface area contributed by atoms with Gasteiger partial charge in [-0.15, -0.1) is 11.3 Å². The summed E-state index contributed by atoms with van der Waals surface area (Å²) >= 11 is 1.44. The lowest BCUT2D eigenvalue weighted by molar-refractivity contribution is 0.0303. The normalized spacial score (nSPS) is 20.3. The minimum absolute atomic E-state index is 0.0238. The van der Waals surface area contributed by atoms with E-state index in [4.69, 9.17) is 9.47 Å². The SMILES string of the molecule is COc1cc(CN(C)C(=O)c2sc3ncnc(N4CC5CCC(C4)O5)c3c2C)ccn1. The van der Waals surface area contributed by atoms with Gasteiger partial charge >= 0.3 is 0 Å². The molecular formula is C22H25N5O3S. The van der Waals surface area contributed by atoms with Crippen LogP contribution in [0.1, 0.15) is 33.6 Å². The number of ether oxygens (including phenoxy) is 2. The average molecular weight is 440 g/mol. The van der Waals surface area contributed by atoms with E-state index in [-0.39, 0.29) is 18.1 Å². The Hall–Kier alpha value is -2.78. The number of morpholine rings is 1. The minimum Gasteiger partial charge on any atom is -0.481 e. The summed E-state index contributed by atoms with van der Waals surface area (Å²) in [5.74, 6) is 1.43. The quantitative estimate of drug-likeness (QED) is 0.604. The standard InChI is InChI=1S/C22H25N5O3S/c1-13-18-20(27-10-15-4-5-16(11-27)30-15)24-12-25-21(18)31-19(13)22(28)26(2)9-14-6-7-23-17(8-14)29-3/h6-8,12,15-16H,4-5,9-11H2,1-3H3. The molecule has 0 N–H and O–H groups in total. The first-order chi connectivity index (χ1) is 15.0. The van der Waals surface area contributed by atoms with E-state index in [9.17, 15) is 4.79 Å². The van der Waals surface area contributed by atoms with Crippen molar-refractivity contribution in [2.24, 2.45) is 0 Å². The molecule has 0 radical (unpaired) electrons. The maximum Gasteiger partial charge on any atom is 0.264 e. The highest BCUT2D eigenvalue weighted by atomic mass is 32.1. The molecule has 9 heteroatoms. The average Bonchev–Trinajstić information content (AvgIpc) is 3.31. The molecule has 31 heavy (non-hydrogen) atoms. The Balaban J connectivity index is 1.43. The third-order valence-corrected chi connectivity index (χ3v) is 7.21. The van der Waals surface area contributed by atoms with Crippen molar-refractivity contribution in [1.29, 1.82) is 0 Å². The van der Waals surface area contributed by atoms with Crippen LogP contribution in [-0.2, 0) is 11.3 Å². The van der Waals surface area contributed by atoms with Gasteiger partial charge in [0, 0.05) is 38.9 Å². The first kappa shape index (κ1) is 20.1. The highest BCUT2D eigenvalue weighted by molar-refractivity contribution is 7.20. The van der Waals surface area contributed by atoms with Gasteiger partial charge in [-0.3, -0.25) is 4.79 Å². The molecular weight excluding hydrogens is 414 g/mol. The van der Waals surface area contributed by atoms with Gasteiger partial charge in [-0.1, -0.05) is 0 Å². The van der Waals surface area contributed by atoms with Gasteiger partial charge < -0.3 is 19.3 Å². The molecule has 2 aliphatic rings. The maximum atomic E-state index is 13.3. The molecule has 0 spiro atoms. The molecule has 5 rings (SSSR count). The number of amides is 1. The fraction of sp³-hybridized carbons (Fsp3) is 0.455. The highest BCUT2D eigenvalue weighted by Gasteiger charge is 2.35. The van der Waals surface area contributed by atoms with E-state index < -0.39 is 0 Å². The van der Waals surface area contributed by atoms with E-state index in [1.54, 1.807) is 24.5 Å². The van der Waals surface area contributed by atoms with Crippen molar-refractivity contribution >= 4 is 33.3 Å². The van der Waals surface area contributed by atoms with Crippen LogP contribution in [0.5, 0.6) is 5.88 Å². The lowest BCUT2D eigenvalue weighted by Crippen LogP contribution is -2.43. The molecule has 0 aliphatic carbocycles. The number of hydrogen-bond donors (Lipinski definition) is 0. The van der Waals surface area contributed by atoms with Crippen LogP contribution >= 0.6 is 11.3 Å². The Morgan fingerprint density at radius 2 is 2.06 bits per heavy atom. The summed E-state index contributed by atoms with van der Waals surface area (Å²) in [7, 11) is 3.39. The van der Waals surface area contributed by atoms with Gasteiger partial charge in [0.2, 0.25) is 5.88 Å². The molecule has 8 nitrogen and oxygen atoms in total. The summed E-state index contributed by atoms with van der Waals surface area (Å²) in [6.07, 6.45) is 6.04. The molecule has 2 atom stereocenters. The third-order valence-electron chi connectivity index (χ3n) is 6.02. The second kappa shape index (κ2) is 8.05. The van der Waals surface area contributed by atoms with Crippen LogP contribution < -0.4 is 9.64 Å². The zero-order chi connectivity index (χ0) is 21.5. The van der Waals surface area contributed by atoms with Gasteiger partial charge in [0.05, 0.1) is 29.6 Å². The van der Waals surface area contributed by atoms with Crippen LogP contribution in [0.25, 0.3) is 10.2 Å². The zero-order valence-electron chi connectivity index (χ0n) is 17.9. The Bertz CT molecular complexity index is 1120. The van der Waals surface area contributed by atoms with Crippen molar-refractivity contribution in [3.8, 4) is 5.88 Å². The third kappa shape index (κ3) is 3.72. The zero-order valence-corrected chi connectivity index (χ0v) is 18.7. The molecule has 2 aliphatic heterocycles. The van der Waals surface area contributed by atoms with E-state index >= 15 is 0 Å². The van der Waals surface area contributed by atoms with Gasteiger partial charge in [0.15, 0.2) is 0 Å². The molecule has 0 aromatic carbocycles. The number of aromatic nitrogens is 3. The summed E-state index contributed by atoms with van der Waals surface area (Å²) < 4.78 is 11.2. The summed E-state index contributed by atoms with van der Waals surface area (Å²) in [6, 6.07) is 3.73. The van der Waals surface area contributed by atoms with Gasteiger partial charge in [-0.2, -0.15) is 0 Å². The molecule has 2 saturated heterocycles. The number of anilines is 1. The minimum atomic E-state index is -0.0238. The summed E-state index contributed by atoms with van der Waals surface area (Å²) in [4.78, 5) is 32.1. The lowest BCUT2D eigenvalue weighted by atomic mass is 10.1. The first-order valence-electron chi connectivity index (χ1n) is 10.4. The van der Waals surface area contributed by atoms with Crippen LogP contribution in [0.2, 0.25) is 0 Å². The van der Waals surface area contributed by atoms with Crippen LogP contribution in [-0.4, -0.2) is 65.2 Å². The number of thiophene rings is 1. The number of pyridine rings is 1. The molecule has 162 valence electrons. The smallest absolute Gasteiger partial charge is 0.264 e. The summed E-state index contributed by atoms with van der Waals surface area (Å²) in [6.45, 7) is 4.14. The molecule has 0 saturated carbocycles. The second-order valence-corrected chi connectivity index (χ2v) is 9.16. The number of carbonyl (C=O) groups is 1. The van der Waals surface area contributed by atoms with Crippen molar-refractivity contribution < 1.29 is 14.3 Å². The molecule has 1 amide bonds. The van der Waals surface area contributed by atoms with Crippen LogP contribution in [0.4, 0.5) is 5.82 Å². The van der Waals surface area contributed by atoms with Crippen molar-refractivity contribution in [2.75, 3.05) is 32.1 Å². The fourth-order valence-electron chi connectivity index (χ4n) is 4.46. The predicted octanol–water partition coefficient (Wildman–Crippen LogP) is 3.04.